The number of rotatable bonds is 5. The van der Waals surface area contributed by atoms with Crippen LogP contribution in [-0.2, 0) is 18.6 Å². The summed E-state index contributed by atoms with van der Waals surface area (Å²) in [6.45, 7) is 1.55. The highest BCUT2D eigenvalue weighted by Crippen LogP contribution is 2.46. The van der Waals surface area contributed by atoms with Gasteiger partial charge in [-0.2, -0.15) is 4.67 Å². The van der Waals surface area contributed by atoms with Crippen molar-refractivity contribution in [1.82, 2.24) is 0 Å². The van der Waals surface area contributed by atoms with Gasteiger partial charge in [-0.15, -0.1) is 0 Å². The van der Waals surface area contributed by atoms with Crippen LogP contribution < -0.4 is 0 Å². The van der Waals surface area contributed by atoms with E-state index < -0.39 is 7.60 Å². The summed E-state index contributed by atoms with van der Waals surface area (Å²) in [5.74, 6) is 1.64. The summed E-state index contributed by atoms with van der Waals surface area (Å²) in [5, 5.41) is 8.17. The van der Waals surface area contributed by atoms with Gasteiger partial charge in [0.2, 0.25) is 0 Å². The first-order chi connectivity index (χ1) is 5.58. The van der Waals surface area contributed by atoms with Crippen molar-refractivity contribution >= 4 is 13.5 Å². The molecule has 0 saturated heterocycles. The minimum absolute atomic E-state index is 0.0267. The second-order valence-electron chi connectivity index (χ2n) is 2.23. The molecule has 1 atom stereocenters. The molecular weight excluding hydrogens is 183 g/mol. The van der Waals surface area contributed by atoms with E-state index in [4.69, 9.17) is 5.26 Å². The van der Waals surface area contributed by atoms with Gasteiger partial charge in [-0.1, -0.05) is 0 Å². The number of carbonyl (C=O) groups excluding carboxylic acids is 1. The van der Waals surface area contributed by atoms with Gasteiger partial charge in [0.05, 0.1) is 6.16 Å². The Labute approximate surface area is 70.4 Å². The molecule has 70 valence electrons. The summed E-state index contributed by atoms with van der Waals surface area (Å²) in [6, 6.07) is 0. The van der Waals surface area contributed by atoms with Crippen molar-refractivity contribution in [3.8, 4) is 0 Å². The molecule has 0 heterocycles. The molecular formula is C6H11O5P. The molecule has 1 N–H and O–H groups in total. The Bertz CT molecular complexity index is 222. The van der Waals surface area contributed by atoms with E-state index in [1.165, 1.54) is 0 Å². The van der Waals surface area contributed by atoms with Crippen molar-refractivity contribution in [2.24, 2.45) is 0 Å². The standard InChI is InChI=1S/C6H11O5P/c1-6(5-7)3-4-12(9,10-2)11-8/h8H,3-4H2,1-2H3. The quantitative estimate of drug-likeness (QED) is 0.310. The molecule has 12 heavy (non-hydrogen) atoms. The predicted molar refractivity (Wildman–Crippen MR) is 42.7 cm³/mol. The van der Waals surface area contributed by atoms with Crippen LogP contribution in [0.15, 0.2) is 5.57 Å². The molecule has 5 nitrogen and oxygen atoms in total. The zero-order chi connectivity index (χ0) is 9.61. The molecule has 0 aliphatic rings. The molecule has 0 aromatic carbocycles. The van der Waals surface area contributed by atoms with Gasteiger partial charge in [0.25, 0.3) is 0 Å². The van der Waals surface area contributed by atoms with Crippen LogP contribution in [0, 0.1) is 0 Å². The normalized spacial score (nSPS) is 14.9. The average Bonchev–Trinajstić information content (AvgIpc) is 2.13. The molecule has 0 saturated carbocycles. The fourth-order valence-electron chi connectivity index (χ4n) is 0.521. The molecule has 0 aromatic rings. The topological polar surface area (TPSA) is 72.8 Å². The van der Waals surface area contributed by atoms with Crippen LogP contribution in [0.5, 0.6) is 0 Å². The third-order valence-corrected chi connectivity index (χ3v) is 2.91. The minimum atomic E-state index is -3.39. The van der Waals surface area contributed by atoms with E-state index in [2.05, 4.69) is 9.20 Å². The van der Waals surface area contributed by atoms with Gasteiger partial charge in [0.1, 0.15) is 5.94 Å². The van der Waals surface area contributed by atoms with E-state index >= 15 is 0 Å². The Morgan fingerprint density at radius 1 is 1.67 bits per heavy atom. The third-order valence-electron chi connectivity index (χ3n) is 1.34. The third kappa shape index (κ3) is 3.81. The Morgan fingerprint density at radius 3 is 2.58 bits per heavy atom. The lowest BCUT2D eigenvalue weighted by Crippen LogP contribution is -1.95. The average molecular weight is 194 g/mol. The van der Waals surface area contributed by atoms with Crippen LogP contribution in [0.3, 0.4) is 0 Å². The molecule has 0 bridgehead atoms. The van der Waals surface area contributed by atoms with Crippen LogP contribution >= 0.6 is 7.60 Å². The van der Waals surface area contributed by atoms with E-state index in [1.54, 1.807) is 12.9 Å². The fourth-order valence-corrected chi connectivity index (χ4v) is 1.46. The molecule has 1 unspecified atom stereocenters. The summed E-state index contributed by atoms with van der Waals surface area (Å²) < 4.78 is 19.2. The largest absolute Gasteiger partial charge is 0.357 e. The lowest BCUT2D eigenvalue weighted by atomic mass is 10.3. The van der Waals surface area contributed by atoms with Crippen LogP contribution in [0.25, 0.3) is 0 Å². The maximum atomic E-state index is 11.1. The van der Waals surface area contributed by atoms with E-state index in [0.717, 1.165) is 7.11 Å². The Morgan fingerprint density at radius 2 is 2.25 bits per heavy atom. The van der Waals surface area contributed by atoms with Crippen molar-refractivity contribution in [2.75, 3.05) is 13.3 Å². The number of hydrogen-bond donors (Lipinski definition) is 1. The van der Waals surface area contributed by atoms with Gasteiger partial charge in [-0.25, -0.2) is 10.1 Å². The first-order valence-corrected chi connectivity index (χ1v) is 4.99. The minimum Gasteiger partial charge on any atom is -0.310 e. The van der Waals surface area contributed by atoms with E-state index in [1.807, 2.05) is 0 Å². The van der Waals surface area contributed by atoms with Gasteiger partial charge in [0.15, 0.2) is 0 Å². The van der Waals surface area contributed by atoms with Gasteiger partial charge in [0, 0.05) is 12.7 Å². The molecule has 0 aromatic heterocycles. The molecule has 0 aliphatic heterocycles. The fraction of sp³-hybridized carbons (Fsp3) is 0.667. The van der Waals surface area contributed by atoms with Crippen molar-refractivity contribution in [1.29, 1.82) is 0 Å². The maximum absolute atomic E-state index is 11.1. The summed E-state index contributed by atoms with van der Waals surface area (Å²) in [5.41, 5.74) is 0.407. The highest BCUT2D eigenvalue weighted by Gasteiger charge is 2.22. The van der Waals surface area contributed by atoms with E-state index in [0.29, 0.717) is 5.57 Å². The first kappa shape index (κ1) is 11.6. The zero-order valence-electron chi connectivity index (χ0n) is 6.94. The monoisotopic (exact) mass is 194 g/mol. The first-order valence-electron chi connectivity index (χ1n) is 3.26. The van der Waals surface area contributed by atoms with Crippen molar-refractivity contribution in [3.05, 3.63) is 5.57 Å². The Hall–Kier alpha value is -0.440. The Balaban J connectivity index is 4.07. The molecule has 0 spiro atoms. The lowest BCUT2D eigenvalue weighted by molar-refractivity contribution is -0.147. The summed E-state index contributed by atoms with van der Waals surface area (Å²) >= 11 is 0. The molecule has 0 aliphatic carbocycles. The van der Waals surface area contributed by atoms with Crippen LogP contribution in [0.2, 0.25) is 0 Å². The summed E-state index contributed by atoms with van der Waals surface area (Å²) in [4.78, 5) is 10.0. The van der Waals surface area contributed by atoms with Gasteiger partial charge < -0.3 is 4.52 Å². The van der Waals surface area contributed by atoms with Gasteiger partial charge in [-0.05, 0) is 13.3 Å². The maximum Gasteiger partial charge on any atom is 0.357 e. The van der Waals surface area contributed by atoms with Gasteiger partial charge in [-0.3, -0.25) is 4.57 Å². The van der Waals surface area contributed by atoms with Crippen molar-refractivity contribution in [3.63, 3.8) is 0 Å². The van der Waals surface area contributed by atoms with Crippen LogP contribution in [-0.4, -0.2) is 24.5 Å². The second kappa shape index (κ2) is 5.25. The van der Waals surface area contributed by atoms with Gasteiger partial charge >= 0.3 is 7.60 Å². The summed E-state index contributed by atoms with van der Waals surface area (Å²) in [6.07, 6.45) is 0.205. The van der Waals surface area contributed by atoms with E-state index in [9.17, 15) is 9.36 Å². The number of hydrogen-bond acceptors (Lipinski definition) is 5. The zero-order valence-corrected chi connectivity index (χ0v) is 7.84. The summed E-state index contributed by atoms with van der Waals surface area (Å²) in [7, 11) is -2.23. The highest BCUT2D eigenvalue weighted by molar-refractivity contribution is 7.53. The lowest BCUT2D eigenvalue weighted by Gasteiger charge is -2.09. The molecule has 0 fully saturated rings. The number of allylic oxidation sites excluding steroid dienone is 1. The van der Waals surface area contributed by atoms with E-state index in [-0.39, 0.29) is 12.6 Å². The van der Waals surface area contributed by atoms with Crippen molar-refractivity contribution in [2.45, 2.75) is 13.3 Å². The molecule has 6 heteroatoms. The smallest absolute Gasteiger partial charge is 0.310 e. The highest BCUT2D eigenvalue weighted by atomic mass is 31.2. The molecule has 0 rings (SSSR count). The second-order valence-corrected chi connectivity index (χ2v) is 4.43. The SMILES string of the molecule is COP(=O)(CCC(C)=C=O)OO. The molecule has 0 amide bonds. The van der Waals surface area contributed by atoms with Crippen molar-refractivity contribution < 1.29 is 23.8 Å². The molecule has 0 radical (unpaired) electrons. The predicted octanol–water partition coefficient (Wildman–Crippen LogP) is 1.48. The van der Waals surface area contributed by atoms with Crippen LogP contribution in [0.4, 0.5) is 0 Å². The van der Waals surface area contributed by atoms with Crippen LogP contribution in [0.1, 0.15) is 13.3 Å². The Kier molecular flexibility index (Phi) is 5.06.